The van der Waals surface area contributed by atoms with Crippen LogP contribution in [0, 0.1) is 5.92 Å². The van der Waals surface area contributed by atoms with Gasteiger partial charge in [-0.15, -0.1) is 0 Å². The lowest BCUT2D eigenvalue weighted by Crippen LogP contribution is -2.30. The molecule has 1 heterocycles. The van der Waals surface area contributed by atoms with Gasteiger partial charge in [0.05, 0.1) is 12.7 Å². The molecule has 6 heteroatoms. The van der Waals surface area contributed by atoms with Crippen LogP contribution < -0.4 is 5.73 Å². The molecule has 20 heavy (non-hydrogen) atoms. The molecule has 1 aliphatic heterocycles. The van der Waals surface area contributed by atoms with Gasteiger partial charge in [-0.2, -0.15) is 0 Å². The summed E-state index contributed by atoms with van der Waals surface area (Å²) in [6, 6.07) is 4.06. The number of phenolic OH excluding ortho intramolecular Hbond substituents is 1. The number of hydrogen-bond donors (Lipinski definition) is 2. The Morgan fingerprint density at radius 1 is 1.40 bits per heavy atom. The molecule has 0 unspecified atom stereocenters. The number of benzene rings is 1. The summed E-state index contributed by atoms with van der Waals surface area (Å²) in [5.41, 5.74) is 6.04. The molecule has 3 N–H and O–H groups in total. The van der Waals surface area contributed by atoms with Crippen molar-refractivity contribution in [3.8, 4) is 5.75 Å². The van der Waals surface area contributed by atoms with E-state index in [9.17, 15) is 14.7 Å². The first kappa shape index (κ1) is 14.3. The van der Waals surface area contributed by atoms with Crippen LogP contribution in [0.1, 0.15) is 27.1 Å². The van der Waals surface area contributed by atoms with Gasteiger partial charge in [-0.3, -0.25) is 4.79 Å². The van der Waals surface area contributed by atoms with Gasteiger partial charge in [0.2, 0.25) is 0 Å². The van der Waals surface area contributed by atoms with Gasteiger partial charge in [-0.25, -0.2) is 4.79 Å². The number of hydrogen-bond acceptors (Lipinski definition) is 5. The van der Waals surface area contributed by atoms with Crippen LogP contribution >= 0.6 is 0 Å². The fourth-order valence-corrected chi connectivity index (χ4v) is 2.36. The maximum absolute atomic E-state index is 12.3. The van der Waals surface area contributed by atoms with E-state index in [4.69, 9.17) is 5.73 Å². The molecule has 1 aliphatic rings. The summed E-state index contributed by atoms with van der Waals surface area (Å²) < 4.78 is 4.59. The molecule has 0 aliphatic carbocycles. The van der Waals surface area contributed by atoms with Gasteiger partial charge >= 0.3 is 5.97 Å². The molecule has 1 amide bonds. The third kappa shape index (κ3) is 2.91. The summed E-state index contributed by atoms with van der Waals surface area (Å²) in [6.45, 7) is 1.81. The SMILES string of the molecule is COC(=O)c1cc(O)cc(C(=O)N2CC[C@H](CN)C2)c1. The van der Waals surface area contributed by atoms with Crippen LogP contribution in [-0.2, 0) is 4.74 Å². The second kappa shape index (κ2) is 5.92. The molecular formula is C14H18N2O4. The highest BCUT2D eigenvalue weighted by atomic mass is 16.5. The Labute approximate surface area is 117 Å². The smallest absolute Gasteiger partial charge is 0.338 e. The maximum atomic E-state index is 12.3. The van der Waals surface area contributed by atoms with Crippen molar-refractivity contribution in [2.24, 2.45) is 11.7 Å². The van der Waals surface area contributed by atoms with Gasteiger partial charge in [-0.1, -0.05) is 0 Å². The fourth-order valence-electron chi connectivity index (χ4n) is 2.36. The number of esters is 1. The van der Waals surface area contributed by atoms with Crippen molar-refractivity contribution in [1.82, 2.24) is 4.90 Å². The second-order valence-corrected chi connectivity index (χ2v) is 4.90. The Hall–Kier alpha value is -2.08. The number of aromatic hydroxyl groups is 1. The van der Waals surface area contributed by atoms with Crippen molar-refractivity contribution in [1.29, 1.82) is 0 Å². The molecule has 1 saturated heterocycles. The fraction of sp³-hybridized carbons (Fsp3) is 0.429. The van der Waals surface area contributed by atoms with Crippen molar-refractivity contribution < 1.29 is 19.4 Å². The van der Waals surface area contributed by atoms with Gasteiger partial charge in [0.15, 0.2) is 0 Å². The van der Waals surface area contributed by atoms with Crippen LogP contribution in [0.5, 0.6) is 5.75 Å². The number of likely N-dealkylation sites (tertiary alicyclic amines) is 1. The number of carbonyl (C=O) groups excluding carboxylic acids is 2. The van der Waals surface area contributed by atoms with Crippen molar-refractivity contribution in [2.45, 2.75) is 6.42 Å². The summed E-state index contributed by atoms with van der Waals surface area (Å²) >= 11 is 0. The highest BCUT2D eigenvalue weighted by Crippen LogP contribution is 2.21. The Morgan fingerprint density at radius 2 is 2.10 bits per heavy atom. The molecule has 0 aromatic heterocycles. The Kier molecular flexibility index (Phi) is 4.24. The van der Waals surface area contributed by atoms with E-state index in [1.54, 1.807) is 4.90 Å². The standard InChI is InChI=1S/C14H18N2O4/c1-20-14(19)11-4-10(5-12(17)6-11)13(18)16-3-2-9(7-15)8-16/h4-6,9,17H,2-3,7-8,15H2,1H3/t9-/m1/s1. The predicted molar refractivity (Wildman–Crippen MR) is 72.5 cm³/mol. The van der Waals surface area contributed by atoms with E-state index in [1.807, 2.05) is 0 Å². The van der Waals surface area contributed by atoms with Gasteiger partial charge in [0.25, 0.3) is 5.91 Å². The molecule has 108 valence electrons. The number of amides is 1. The van der Waals surface area contributed by atoms with Gasteiger partial charge in [0.1, 0.15) is 5.75 Å². The Morgan fingerprint density at radius 3 is 2.70 bits per heavy atom. The third-order valence-electron chi connectivity index (χ3n) is 3.49. The molecule has 1 atom stereocenters. The lowest BCUT2D eigenvalue weighted by Gasteiger charge is -2.16. The quantitative estimate of drug-likeness (QED) is 0.790. The van der Waals surface area contributed by atoms with Crippen LogP contribution in [0.25, 0.3) is 0 Å². The van der Waals surface area contributed by atoms with E-state index < -0.39 is 5.97 Å². The zero-order valence-electron chi connectivity index (χ0n) is 11.3. The Bertz CT molecular complexity index is 530. The highest BCUT2D eigenvalue weighted by molar-refractivity contribution is 5.98. The van der Waals surface area contributed by atoms with Crippen molar-refractivity contribution in [3.63, 3.8) is 0 Å². The zero-order chi connectivity index (χ0) is 14.7. The largest absolute Gasteiger partial charge is 0.508 e. The minimum absolute atomic E-state index is 0.133. The van der Waals surface area contributed by atoms with E-state index in [1.165, 1.54) is 25.3 Å². The summed E-state index contributed by atoms with van der Waals surface area (Å²) in [4.78, 5) is 25.5. The van der Waals surface area contributed by atoms with E-state index in [0.29, 0.717) is 25.6 Å². The molecule has 0 radical (unpaired) electrons. The summed E-state index contributed by atoms with van der Waals surface area (Å²) in [6.07, 6.45) is 0.880. The molecule has 1 fully saturated rings. The Balaban J connectivity index is 2.22. The van der Waals surface area contributed by atoms with Crippen LogP contribution in [0.3, 0.4) is 0 Å². The molecule has 2 rings (SSSR count). The molecule has 1 aromatic carbocycles. The van der Waals surface area contributed by atoms with Gasteiger partial charge in [0, 0.05) is 18.7 Å². The molecule has 1 aromatic rings. The van der Waals surface area contributed by atoms with Crippen LogP contribution in [0.2, 0.25) is 0 Å². The van der Waals surface area contributed by atoms with Crippen LogP contribution in [0.15, 0.2) is 18.2 Å². The number of methoxy groups -OCH3 is 1. The molecule has 6 nitrogen and oxygen atoms in total. The van der Waals surface area contributed by atoms with Crippen molar-refractivity contribution in [2.75, 3.05) is 26.7 Å². The summed E-state index contributed by atoms with van der Waals surface area (Å²) in [5, 5.41) is 9.63. The van der Waals surface area contributed by atoms with Crippen LogP contribution in [0.4, 0.5) is 0 Å². The first-order valence-corrected chi connectivity index (χ1v) is 6.47. The van der Waals surface area contributed by atoms with E-state index in [2.05, 4.69) is 4.74 Å². The first-order chi connectivity index (χ1) is 9.55. The van der Waals surface area contributed by atoms with E-state index in [-0.39, 0.29) is 22.8 Å². The van der Waals surface area contributed by atoms with Crippen molar-refractivity contribution in [3.05, 3.63) is 29.3 Å². The molecular weight excluding hydrogens is 260 g/mol. The summed E-state index contributed by atoms with van der Waals surface area (Å²) in [7, 11) is 1.25. The monoisotopic (exact) mass is 278 g/mol. The van der Waals surface area contributed by atoms with E-state index >= 15 is 0 Å². The van der Waals surface area contributed by atoms with Gasteiger partial charge < -0.3 is 20.5 Å². The molecule has 0 spiro atoms. The highest BCUT2D eigenvalue weighted by Gasteiger charge is 2.26. The third-order valence-corrected chi connectivity index (χ3v) is 3.49. The lowest BCUT2D eigenvalue weighted by molar-refractivity contribution is 0.0600. The minimum atomic E-state index is -0.587. The normalized spacial score (nSPS) is 18.1. The number of ether oxygens (including phenoxy) is 1. The topological polar surface area (TPSA) is 92.9 Å². The van der Waals surface area contributed by atoms with Crippen molar-refractivity contribution >= 4 is 11.9 Å². The lowest BCUT2D eigenvalue weighted by atomic mass is 10.1. The number of nitrogens with two attached hydrogens (primary N) is 1. The number of nitrogens with zero attached hydrogens (tertiary/aromatic N) is 1. The number of phenols is 1. The summed E-state index contributed by atoms with van der Waals surface area (Å²) in [5.74, 6) is -0.611. The maximum Gasteiger partial charge on any atom is 0.338 e. The number of rotatable bonds is 3. The number of carbonyl (C=O) groups is 2. The molecule has 0 saturated carbocycles. The van der Waals surface area contributed by atoms with E-state index in [0.717, 1.165) is 6.42 Å². The zero-order valence-corrected chi connectivity index (χ0v) is 11.3. The first-order valence-electron chi connectivity index (χ1n) is 6.47. The van der Waals surface area contributed by atoms with Crippen LogP contribution in [-0.4, -0.2) is 48.6 Å². The predicted octanol–water partition coefficient (Wildman–Crippen LogP) is 0.600. The second-order valence-electron chi connectivity index (χ2n) is 4.90. The van der Waals surface area contributed by atoms with Gasteiger partial charge in [-0.05, 0) is 37.1 Å². The average molecular weight is 278 g/mol. The minimum Gasteiger partial charge on any atom is -0.508 e. The average Bonchev–Trinajstić information content (AvgIpc) is 2.93. The molecule has 0 bridgehead atoms.